The number of carbonyl (C=O) groups is 2. The fourth-order valence-corrected chi connectivity index (χ4v) is 2.74. The zero-order valence-electron chi connectivity index (χ0n) is 13.0. The molecule has 0 bridgehead atoms. The van der Waals surface area contributed by atoms with E-state index in [2.05, 4.69) is 10.6 Å². The largest absolute Gasteiger partial charge is 0.345 e. The molecule has 1 saturated heterocycles. The first kappa shape index (κ1) is 16.8. The second kappa shape index (κ2) is 7.61. The van der Waals surface area contributed by atoms with Crippen molar-refractivity contribution in [1.29, 1.82) is 0 Å². The average molecular weight is 324 g/mol. The van der Waals surface area contributed by atoms with Gasteiger partial charge >= 0.3 is 0 Å². The van der Waals surface area contributed by atoms with Gasteiger partial charge in [0.05, 0.1) is 10.6 Å². The van der Waals surface area contributed by atoms with Crippen molar-refractivity contribution < 1.29 is 9.59 Å². The van der Waals surface area contributed by atoms with Crippen molar-refractivity contribution in [2.24, 2.45) is 0 Å². The summed E-state index contributed by atoms with van der Waals surface area (Å²) in [6, 6.07) is 5.41. The summed E-state index contributed by atoms with van der Waals surface area (Å²) in [5.41, 5.74) is 0.987. The van der Waals surface area contributed by atoms with E-state index in [4.69, 9.17) is 11.6 Å². The summed E-state index contributed by atoms with van der Waals surface area (Å²) in [6.45, 7) is 1.04. The molecule has 6 heteroatoms. The van der Waals surface area contributed by atoms with Crippen LogP contribution in [0.1, 0.15) is 36.0 Å². The minimum atomic E-state index is -0.184. The number of carbonyl (C=O) groups excluding carboxylic acids is 2. The van der Waals surface area contributed by atoms with Crippen LogP contribution in [0.3, 0.4) is 0 Å². The van der Waals surface area contributed by atoms with Crippen LogP contribution in [-0.4, -0.2) is 43.4 Å². The highest BCUT2D eigenvalue weighted by Crippen LogP contribution is 2.22. The summed E-state index contributed by atoms with van der Waals surface area (Å²) in [4.78, 5) is 25.5. The van der Waals surface area contributed by atoms with E-state index in [1.54, 1.807) is 32.3 Å². The van der Waals surface area contributed by atoms with E-state index in [0.29, 0.717) is 28.7 Å². The molecule has 1 aromatic rings. The summed E-state index contributed by atoms with van der Waals surface area (Å²) in [7, 11) is 3.33. The monoisotopic (exact) mass is 323 g/mol. The Hall–Kier alpha value is -1.59. The fraction of sp³-hybridized carbons (Fsp3) is 0.500. The second-order valence-corrected chi connectivity index (χ2v) is 6.18. The van der Waals surface area contributed by atoms with Crippen molar-refractivity contribution in [1.82, 2.24) is 10.2 Å². The minimum Gasteiger partial charge on any atom is -0.345 e. The fourth-order valence-electron chi connectivity index (χ4n) is 2.54. The number of hydrogen-bond donors (Lipinski definition) is 2. The molecule has 0 spiro atoms. The van der Waals surface area contributed by atoms with Crippen LogP contribution in [0.4, 0.5) is 5.69 Å². The Kier molecular flexibility index (Phi) is 5.80. The minimum absolute atomic E-state index is 0.0423. The second-order valence-electron chi connectivity index (χ2n) is 5.77. The first-order chi connectivity index (χ1) is 10.5. The molecule has 1 aromatic carbocycles. The third-order valence-electron chi connectivity index (χ3n) is 3.77. The molecule has 0 aromatic heterocycles. The first-order valence-electron chi connectivity index (χ1n) is 7.52. The highest BCUT2D eigenvalue weighted by molar-refractivity contribution is 6.34. The molecule has 1 atom stereocenters. The Balaban J connectivity index is 1.95. The Labute approximate surface area is 136 Å². The van der Waals surface area contributed by atoms with Gasteiger partial charge in [-0.25, -0.2) is 0 Å². The van der Waals surface area contributed by atoms with Gasteiger partial charge in [-0.1, -0.05) is 11.6 Å². The zero-order chi connectivity index (χ0) is 16.1. The van der Waals surface area contributed by atoms with Crippen molar-refractivity contribution in [2.75, 3.05) is 26.0 Å². The van der Waals surface area contributed by atoms with Crippen molar-refractivity contribution in [3.63, 3.8) is 0 Å². The van der Waals surface area contributed by atoms with Crippen molar-refractivity contribution in [3.8, 4) is 0 Å². The number of amides is 2. The van der Waals surface area contributed by atoms with Gasteiger partial charge in [-0.2, -0.15) is 0 Å². The predicted octanol–water partition coefficient (Wildman–Crippen LogP) is 2.51. The van der Waals surface area contributed by atoms with Gasteiger partial charge in [-0.15, -0.1) is 0 Å². The van der Waals surface area contributed by atoms with Crippen LogP contribution in [0.25, 0.3) is 0 Å². The lowest BCUT2D eigenvalue weighted by Gasteiger charge is -2.14. The lowest BCUT2D eigenvalue weighted by molar-refractivity contribution is -0.116. The molecule has 1 fully saturated rings. The maximum atomic E-state index is 12.0. The van der Waals surface area contributed by atoms with Crippen LogP contribution in [0.5, 0.6) is 0 Å². The van der Waals surface area contributed by atoms with Crippen molar-refractivity contribution in [2.45, 2.75) is 31.7 Å². The van der Waals surface area contributed by atoms with Gasteiger partial charge in [-0.3, -0.25) is 9.59 Å². The highest BCUT2D eigenvalue weighted by atomic mass is 35.5. The summed E-state index contributed by atoms with van der Waals surface area (Å²) in [5, 5.41) is 6.58. The molecule has 0 saturated carbocycles. The predicted molar refractivity (Wildman–Crippen MR) is 88.4 cm³/mol. The number of halogens is 1. The third kappa shape index (κ3) is 4.45. The van der Waals surface area contributed by atoms with Crippen LogP contribution in [0.2, 0.25) is 5.02 Å². The molecular formula is C16H22ClN3O2. The van der Waals surface area contributed by atoms with Crippen molar-refractivity contribution in [3.05, 3.63) is 28.8 Å². The third-order valence-corrected chi connectivity index (χ3v) is 4.10. The van der Waals surface area contributed by atoms with Gasteiger partial charge in [0, 0.05) is 32.2 Å². The summed E-state index contributed by atoms with van der Waals surface area (Å²) >= 11 is 6.05. The highest BCUT2D eigenvalue weighted by Gasteiger charge is 2.16. The van der Waals surface area contributed by atoms with Gasteiger partial charge in [0.2, 0.25) is 5.91 Å². The molecule has 22 heavy (non-hydrogen) atoms. The van der Waals surface area contributed by atoms with Gasteiger partial charge in [0.15, 0.2) is 0 Å². The van der Waals surface area contributed by atoms with Crippen LogP contribution in [-0.2, 0) is 4.79 Å². The molecule has 2 amide bonds. The number of rotatable bonds is 5. The van der Waals surface area contributed by atoms with E-state index >= 15 is 0 Å². The van der Waals surface area contributed by atoms with Gasteiger partial charge in [0.1, 0.15) is 0 Å². The molecule has 2 rings (SSSR count). The van der Waals surface area contributed by atoms with Gasteiger partial charge < -0.3 is 15.5 Å². The van der Waals surface area contributed by atoms with Gasteiger partial charge in [-0.05, 0) is 44.0 Å². The van der Waals surface area contributed by atoms with E-state index in [1.165, 1.54) is 11.3 Å². The van der Waals surface area contributed by atoms with Crippen LogP contribution in [0.15, 0.2) is 18.2 Å². The Morgan fingerprint density at radius 2 is 2.18 bits per heavy atom. The molecule has 0 radical (unpaired) electrons. The average Bonchev–Trinajstić information content (AvgIpc) is 2.99. The summed E-state index contributed by atoms with van der Waals surface area (Å²) in [5.74, 6) is -0.226. The number of hydrogen-bond acceptors (Lipinski definition) is 3. The quantitative estimate of drug-likeness (QED) is 0.875. The van der Waals surface area contributed by atoms with Crippen LogP contribution < -0.4 is 10.6 Å². The van der Waals surface area contributed by atoms with E-state index in [0.717, 1.165) is 19.4 Å². The molecule has 120 valence electrons. The molecule has 1 heterocycles. The summed E-state index contributed by atoms with van der Waals surface area (Å²) < 4.78 is 0. The standard InChI is InChI=1S/C16H22ClN3O2/c1-20(2)16(22)13-10-12(5-7-14(13)17)19-15(21)8-6-11-4-3-9-18-11/h5,7,10-11,18H,3-4,6,8-9H2,1-2H3,(H,19,21). The maximum Gasteiger partial charge on any atom is 0.254 e. The Bertz CT molecular complexity index is 554. The van der Waals surface area contributed by atoms with E-state index < -0.39 is 0 Å². The number of benzene rings is 1. The Morgan fingerprint density at radius 1 is 1.41 bits per heavy atom. The molecule has 0 aliphatic carbocycles. The van der Waals surface area contributed by atoms with Gasteiger partial charge in [0.25, 0.3) is 5.91 Å². The van der Waals surface area contributed by atoms with Crippen molar-refractivity contribution >= 4 is 29.1 Å². The smallest absolute Gasteiger partial charge is 0.254 e. The summed E-state index contributed by atoms with van der Waals surface area (Å²) in [6.07, 6.45) is 3.62. The van der Waals surface area contributed by atoms with Crippen LogP contribution in [0, 0.1) is 0 Å². The number of nitrogens with zero attached hydrogens (tertiary/aromatic N) is 1. The normalized spacial score (nSPS) is 17.3. The molecule has 1 aliphatic rings. The first-order valence-corrected chi connectivity index (χ1v) is 7.89. The number of anilines is 1. The SMILES string of the molecule is CN(C)C(=O)c1cc(NC(=O)CCC2CCCN2)ccc1Cl. The molecular weight excluding hydrogens is 302 g/mol. The number of nitrogens with one attached hydrogen (secondary N) is 2. The lowest BCUT2D eigenvalue weighted by atomic mass is 10.1. The van der Waals surface area contributed by atoms with E-state index in [1.807, 2.05) is 0 Å². The van der Waals surface area contributed by atoms with E-state index in [9.17, 15) is 9.59 Å². The topological polar surface area (TPSA) is 61.4 Å². The molecule has 2 N–H and O–H groups in total. The lowest BCUT2D eigenvalue weighted by Crippen LogP contribution is -2.24. The maximum absolute atomic E-state index is 12.0. The van der Waals surface area contributed by atoms with Crippen LogP contribution >= 0.6 is 11.6 Å². The molecule has 5 nitrogen and oxygen atoms in total. The zero-order valence-corrected chi connectivity index (χ0v) is 13.7. The molecule has 1 unspecified atom stereocenters. The Morgan fingerprint density at radius 3 is 2.82 bits per heavy atom. The van der Waals surface area contributed by atoms with E-state index in [-0.39, 0.29) is 11.8 Å². The molecule has 1 aliphatic heterocycles.